The third-order valence-electron chi connectivity index (χ3n) is 2.98. The van der Waals surface area contributed by atoms with Crippen molar-refractivity contribution in [2.75, 3.05) is 12.4 Å². The Labute approximate surface area is 119 Å². The van der Waals surface area contributed by atoms with Gasteiger partial charge in [0.25, 0.3) is 5.95 Å². The van der Waals surface area contributed by atoms with Crippen LogP contribution in [0.5, 0.6) is 0 Å². The van der Waals surface area contributed by atoms with E-state index < -0.39 is 0 Å². The van der Waals surface area contributed by atoms with Crippen LogP contribution in [0.4, 0.5) is 10.3 Å². The minimum Gasteiger partial charge on any atom is -0.357 e. The number of halogens is 1. The summed E-state index contributed by atoms with van der Waals surface area (Å²) in [6, 6.07) is 4.78. The summed E-state index contributed by atoms with van der Waals surface area (Å²) in [5.74, 6) is 0.748. The van der Waals surface area contributed by atoms with Gasteiger partial charge in [0.05, 0.1) is 0 Å². The molecule has 1 aromatic carbocycles. The number of benzene rings is 1. The lowest BCUT2D eigenvalue weighted by Gasteiger charge is -2.08. The first-order valence-corrected chi connectivity index (χ1v) is 6.23. The van der Waals surface area contributed by atoms with E-state index in [1.807, 2.05) is 0 Å². The second kappa shape index (κ2) is 5.23. The van der Waals surface area contributed by atoms with Crippen molar-refractivity contribution in [3.63, 3.8) is 0 Å². The van der Waals surface area contributed by atoms with Gasteiger partial charge < -0.3 is 5.32 Å². The van der Waals surface area contributed by atoms with E-state index in [1.165, 1.54) is 23.4 Å². The first kappa shape index (κ1) is 13.1. The number of hydrogen-bond acceptors (Lipinski definition) is 6. The van der Waals surface area contributed by atoms with Gasteiger partial charge in [-0.05, 0) is 18.6 Å². The van der Waals surface area contributed by atoms with Crippen molar-refractivity contribution >= 4 is 5.95 Å². The van der Waals surface area contributed by atoms with E-state index in [1.54, 1.807) is 26.1 Å². The number of nitrogens with zero attached hydrogens (tertiary/aromatic N) is 6. The standard InChI is InChI=1S/C13H12FN7/c1-8-9(4-3-5-10(8)14)11-18-12(15-2)20-13(19-11)21-7-16-6-17-21/h3-7H,1-2H3,(H,15,18,19,20). The Morgan fingerprint density at radius 1 is 1.19 bits per heavy atom. The average molecular weight is 285 g/mol. The summed E-state index contributed by atoms with van der Waals surface area (Å²) >= 11 is 0. The van der Waals surface area contributed by atoms with Crippen LogP contribution in [0.2, 0.25) is 0 Å². The monoisotopic (exact) mass is 285 g/mol. The van der Waals surface area contributed by atoms with Gasteiger partial charge in [0.2, 0.25) is 5.95 Å². The van der Waals surface area contributed by atoms with Gasteiger partial charge in [-0.3, -0.25) is 0 Å². The van der Waals surface area contributed by atoms with Crippen molar-refractivity contribution in [3.05, 3.63) is 42.2 Å². The summed E-state index contributed by atoms with van der Waals surface area (Å²) in [5.41, 5.74) is 1.09. The molecule has 3 rings (SSSR count). The Balaban J connectivity index is 2.18. The molecule has 0 spiro atoms. The summed E-state index contributed by atoms with van der Waals surface area (Å²) in [6.45, 7) is 1.68. The van der Waals surface area contributed by atoms with Crippen molar-refractivity contribution in [1.82, 2.24) is 29.7 Å². The highest BCUT2D eigenvalue weighted by molar-refractivity contribution is 5.61. The van der Waals surface area contributed by atoms with E-state index in [-0.39, 0.29) is 5.82 Å². The van der Waals surface area contributed by atoms with E-state index in [4.69, 9.17) is 0 Å². The predicted molar refractivity (Wildman–Crippen MR) is 74.4 cm³/mol. The van der Waals surface area contributed by atoms with Crippen molar-refractivity contribution in [1.29, 1.82) is 0 Å². The summed E-state index contributed by atoms with van der Waals surface area (Å²) in [7, 11) is 1.70. The Kier molecular flexibility index (Phi) is 3.27. The molecule has 8 heteroatoms. The maximum atomic E-state index is 13.7. The fourth-order valence-corrected chi connectivity index (χ4v) is 1.86. The van der Waals surface area contributed by atoms with Gasteiger partial charge >= 0.3 is 0 Å². The second-order valence-corrected chi connectivity index (χ2v) is 4.29. The molecular formula is C13H12FN7. The van der Waals surface area contributed by atoms with E-state index in [9.17, 15) is 4.39 Å². The molecule has 21 heavy (non-hydrogen) atoms. The minimum atomic E-state index is -0.304. The van der Waals surface area contributed by atoms with Crippen LogP contribution in [0, 0.1) is 12.7 Å². The molecule has 106 valence electrons. The van der Waals surface area contributed by atoms with Gasteiger partial charge in [-0.1, -0.05) is 12.1 Å². The Bertz CT molecular complexity index is 770. The molecule has 1 N–H and O–H groups in total. The van der Waals surface area contributed by atoms with Gasteiger partial charge in [-0.15, -0.1) is 0 Å². The third kappa shape index (κ3) is 2.42. The fraction of sp³-hybridized carbons (Fsp3) is 0.154. The molecule has 0 unspecified atom stereocenters. The summed E-state index contributed by atoms with van der Waals surface area (Å²) < 4.78 is 15.1. The lowest BCUT2D eigenvalue weighted by atomic mass is 10.1. The van der Waals surface area contributed by atoms with Crippen LogP contribution < -0.4 is 5.32 Å². The zero-order valence-corrected chi connectivity index (χ0v) is 11.4. The van der Waals surface area contributed by atoms with Crippen LogP contribution in [0.3, 0.4) is 0 Å². The summed E-state index contributed by atoms with van der Waals surface area (Å²) in [4.78, 5) is 16.7. The number of hydrogen-bond donors (Lipinski definition) is 1. The van der Waals surface area contributed by atoms with Crippen molar-refractivity contribution in [2.24, 2.45) is 0 Å². The highest BCUT2D eigenvalue weighted by Gasteiger charge is 2.13. The molecule has 0 atom stereocenters. The molecule has 0 aliphatic heterocycles. The van der Waals surface area contributed by atoms with Crippen molar-refractivity contribution in [3.8, 4) is 17.3 Å². The van der Waals surface area contributed by atoms with Crippen LogP contribution in [0.15, 0.2) is 30.9 Å². The normalized spacial score (nSPS) is 10.6. The SMILES string of the molecule is CNc1nc(-c2cccc(F)c2C)nc(-n2cncn2)n1. The van der Waals surface area contributed by atoms with Gasteiger partial charge in [-0.2, -0.15) is 24.7 Å². The van der Waals surface area contributed by atoms with Gasteiger partial charge in [0, 0.05) is 12.6 Å². The summed E-state index contributed by atoms with van der Waals surface area (Å²) in [6.07, 6.45) is 2.87. The average Bonchev–Trinajstić information content (AvgIpc) is 3.04. The molecule has 7 nitrogen and oxygen atoms in total. The molecule has 2 heterocycles. The lowest BCUT2D eigenvalue weighted by Crippen LogP contribution is -2.08. The second-order valence-electron chi connectivity index (χ2n) is 4.29. The van der Waals surface area contributed by atoms with Crippen molar-refractivity contribution < 1.29 is 4.39 Å². The number of rotatable bonds is 3. The highest BCUT2D eigenvalue weighted by atomic mass is 19.1. The largest absolute Gasteiger partial charge is 0.357 e. The molecule has 0 aliphatic rings. The molecular weight excluding hydrogens is 273 g/mol. The minimum absolute atomic E-state index is 0.304. The molecule has 0 radical (unpaired) electrons. The third-order valence-corrected chi connectivity index (χ3v) is 2.98. The Morgan fingerprint density at radius 3 is 2.76 bits per heavy atom. The first-order valence-electron chi connectivity index (χ1n) is 6.23. The molecule has 0 bridgehead atoms. The number of nitrogens with one attached hydrogen (secondary N) is 1. The molecule has 0 saturated carbocycles. The van der Waals surface area contributed by atoms with Crippen LogP contribution >= 0.6 is 0 Å². The Hall–Kier alpha value is -2.90. The van der Waals surface area contributed by atoms with Crippen LogP contribution in [0.25, 0.3) is 17.3 Å². The molecule has 0 aliphatic carbocycles. The highest BCUT2D eigenvalue weighted by Crippen LogP contribution is 2.23. The van der Waals surface area contributed by atoms with Gasteiger partial charge in [0.1, 0.15) is 18.5 Å². The van der Waals surface area contributed by atoms with Crippen LogP contribution in [-0.4, -0.2) is 36.8 Å². The van der Waals surface area contributed by atoms with Gasteiger partial charge in [-0.25, -0.2) is 9.37 Å². The predicted octanol–water partition coefficient (Wildman–Crippen LogP) is 1.61. The molecule has 0 fully saturated rings. The quantitative estimate of drug-likeness (QED) is 0.787. The topological polar surface area (TPSA) is 81.4 Å². The van der Waals surface area contributed by atoms with E-state index in [0.29, 0.717) is 28.8 Å². The van der Waals surface area contributed by atoms with E-state index in [2.05, 4.69) is 30.4 Å². The summed E-state index contributed by atoms with van der Waals surface area (Å²) in [5, 5.41) is 6.84. The zero-order valence-electron chi connectivity index (χ0n) is 11.4. The number of aromatic nitrogens is 6. The van der Waals surface area contributed by atoms with Crippen LogP contribution in [-0.2, 0) is 0 Å². The lowest BCUT2D eigenvalue weighted by molar-refractivity contribution is 0.619. The molecule has 2 aromatic heterocycles. The fourth-order valence-electron chi connectivity index (χ4n) is 1.86. The number of anilines is 1. The van der Waals surface area contributed by atoms with Crippen LogP contribution in [0.1, 0.15) is 5.56 Å². The van der Waals surface area contributed by atoms with E-state index in [0.717, 1.165) is 0 Å². The maximum Gasteiger partial charge on any atom is 0.257 e. The smallest absolute Gasteiger partial charge is 0.257 e. The van der Waals surface area contributed by atoms with Gasteiger partial charge in [0.15, 0.2) is 5.82 Å². The Morgan fingerprint density at radius 2 is 2.05 bits per heavy atom. The van der Waals surface area contributed by atoms with E-state index >= 15 is 0 Å². The maximum absolute atomic E-state index is 13.7. The molecule has 0 saturated heterocycles. The van der Waals surface area contributed by atoms with Crippen molar-refractivity contribution in [2.45, 2.75) is 6.92 Å². The first-order chi connectivity index (χ1) is 10.2. The molecule has 3 aromatic rings. The zero-order chi connectivity index (χ0) is 14.8. The molecule has 0 amide bonds.